The van der Waals surface area contributed by atoms with E-state index in [1.54, 1.807) is 0 Å². The molecule has 0 radical (unpaired) electrons. The minimum Gasteiger partial charge on any atom is -0.316 e. The van der Waals surface area contributed by atoms with Crippen molar-refractivity contribution in [2.75, 3.05) is 12.8 Å². The average molecular weight is 207 g/mol. The Bertz CT molecular complexity index is 307. The van der Waals surface area contributed by atoms with E-state index in [9.17, 15) is 0 Å². The summed E-state index contributed by atoms with van der Waals surface area (Å²) in [6.07, 6.45) is 0. The van der Waals surface area contributed by atoms with Gasteiger partial charge in [-0.2, -0.15) is 0 Å². The summed E-state index contributed by atoms with van der Waals surface area (Å²) < 4.78 is 0. The molecule has 0 aliphatic carbocycles. The van der Waals surface area contributed by atoms with E-state index in [4.69, 9.17) is 0 Å². The molecule has 0 aliphatic heterocycles. The van der Waals surface area contributed by atoms with Gasteiger partial charge in [0.2, 0.25) is 0 Å². The average Bonchev–Trinajstić information content (AvgIpc) is 2.16. The summed E-state index contributed by atoms with van der Waals surface area (Å²) in [5.41, 5.74) is 2.55. The van der Waals surface area contributed by atoms with Crippen LogP contribution in [0.15, 0.2) is 41.3 Å². The maximum absolute atomic E-state index is 3.90. The van der Waals surface area contributed by atoms with Crippen molar-refractivity contribution in [1.82, 2.24) is 5.32 Å². The van der Waals surface area contributed by atoms with Crippen molar-refractivity contribution in [3.8, 4) is 0 Å². The second-order valence-electron chi connectivity index (χ2n) is 3.42. The van der Waals surface area contributed by atoms with Crippen LogP contribution in [0.1, 0.15) is 12.5 Å². The Balaban J connectivity index is 2.58. The van der Waals surface area contributed by atoms with E-state index in [0.29, 0.717) is 0 Å². The topological polar surface area (TPSA) is 12.0 Å². The first-order valence-corrected chi connectivity index (χ1v) is 5.71. The Kier molecular flexibility index (Phi) is 4.77. The van der Waals surface area contributed by atoms with Crippen molar-refractivity contribution in [2.24, 2.45) is 0 Å². The molecule has 1 rings (SSSR count). The first kappa shape index (κ1) is 11.3. The van der Waals surface area contributed by atoms with Crippen molar-refractivity contribution in [1.29, 1.82) is 0 Å². The highest BCUT2D eigenvalue weighted by Gasteiger charge is 1.96. The first-order valence-electron chi connectivity index (χ1n) is 4.73. The number of benzene rings is 1. The molecule has 0 aliphatic rings. The van der Waals surface area contributed by atoms with Gasteiger partial charge in [-0.15, -0.1) is 11.8 Å². The van der Waals surface area contributed by atoms with Gasteiger partial charge in [-0.25, -0.2) is 0 Å². The Labute approximate surface area is 90.6 Å². The van der Waals surface area contributed by atoms with E-state index < -0.39 is 0 Å². The van der Waals surface area contributed by atoms with Crippen molar-refractivity contribution < 1.29 is 0 Å². The van der Waals surface area contributed by atoms with E-state index in [2.05, 4.69) is 43.1 Å². The quantitative estimate of drug-likeness (QED) is 0.588. The van der Waals surface area contributed by atoms with Gasteiger partial charge in [0.1, 0.15) is 0 Å². The van der Waals surface area contributed by atoms with Gasteiger partial charge in [0.15, 0.2) is 0 Å². The van der Waals surface area contributed by atoms with Gasteiger partial charge in [-0.1, -0.05) is 24.3 Å². The molecule has 14 heavy (non-hydrogen) atoms. The summed E-state index contributed by atoms with van der Waals surface area (Å²) in [6, 6.07) is 8.62. The molecule has 1 aromatic rings. The van der Waals surface area contributed by atoms with Gasteiger partial charge < -0.3 is 5.32 Å². The van der Waals surface area contributed by atoms with Crippen LogP contribution < -0.4 is 5.32 Å². The number of rotatable bonds is 5. The fourth-order valence-electron chi connectivity index (χ4n) is 1.16. The Morgan fingerprint density at radius 1 is 1.50 bits per heavy atom. The van der Waals surface area contributed by atoms with E-state index in [1.165, 1.54) is 16.0 Å². The molecule has 0 saturated carbocycles. The van der Waals surface area contributed by atoms with Crippen molar-refractivity contribution >= 4 is 11.8 Å². The zero-order valence-electron chi connectivity index (χ0n) is 8.84. The van der Waals surface area contributed by atoms with Crippen LogP contribution >= 0.6 is 11.8 Å². The van der Waals surface area contributed by atoms with Gasteiger partial charge in [0.05, 0.1) is 0 Å². The van der Waals surface area contributed by atoms with Crippen molar-refractivity contribution in [3.63, 3.8) is 0 Å². The largest absolute Gasteiger partial charge is 0.316 e. The minimum atomic E-state index is 0.932. The van der Waals surface area contributed by atoms with Gasteiger partial charge in [0.25, 0.3) is 0 Å². The van der Waals surface area contributed by atoms with Crippen LogP contribution in [0.2, 0.25) is 0 Å². The summed E-state index contributed by atoms with van der Waals surface area (Å²) >= 11 is 1.84. The standard InChI is InChI=1S/C12H17NS/c1-10(2)9-14-12-6-4-5-11(7-12)8-13-3/h4-7,13H,1,8-9H2,2-3H3. The highest BCUT2D eigenvalue weighted by Crippen LogP contribution is 2.20. The van der Waals surface area contributed by atoms with Crippen LogP contribution in [0.3, 0.4) is 0 Å². The SMILES string of the molecule is C=C(C)CSc1cccc(CNC)c1. The Morgan fingerprint density at radius 2 is 2.29 bits per heavy atom. The lowest BCUT2D eigenvalue weighted by Gasteiger charge is -2.04. The monoisotopic (exact) mass is 207 g/mol. The van der Waals surface area contributed by atoms with Crippen molar-refractivity contribution in [2.45, 2.75) is 18.4 Å². The maximum Gasteiger partial charge on any atom is 0.0202 e. The third-order valence-electron chi connectivity index (χ3n) is 1.76. The lowest BCUT2D eigenvalue weighted by molar-refractivity contribution is 0.815. The summed E-state index contributed by atoms with van der Waals surface area (Å²) in [4.78, 5) is 1.32. The molecule has 1 aromatic carbocycles. The van der Waals surface area contributed by atoms with Crippen LogP contribution in [-0.2, 0) is 6.54 Å². The molecule has 0 atom stereocenters. The summed E-state index contributed by atoms with van der Waals surface area (Å²) in [6.45, 7) is 6.89. The molecular weight excluding hydrogens is 190 g/mol. The van der Waals surface area contributed by atoms with E-state index in [1.807, 2.05) is 18.8 Å². The molecule has 1 nitrogen and oxygen atoms in total. The van der Waals surface area contributed by atoms with Crippen LogP contribution in [0.25, 0.3) is 0 Å². The molecule has 0 saturated heterocycles. The number of hydrogen-bond donors (Lipinski definition) is 1. The van der Waals surface area contributed by atoms with Crippen LogP contribution in [0, 0.1) is 0 Å². The van der Waals surface area contributed by atoms with E-state index in [-0.39, 0.29) is 0 Å². The number of thioether (sulfide) groups is 1. The van der Waals surface area contributed by atoms with Gasteiger partial charge >= 0.3 is 0 Å². The normalized spacial score (nSPS) is 10.1. The molecule has 0 heterocycles. The molecule has 0 aromatic heterocycles. The highest BCUT2D eigenvalue weighted by atomic mass is 32.2. The number of hydrogen-bond acceptors (Lipinski definition) is 2. The van der Waals surface area contributed by atoms with E-state index >= 15 is 0 Å². The molecule has 0 amide bonds. The molecule has 0 bridgehead atoms. The van der Waals surface area contributed by atoms with Gasteiger partial charge in [-0.05, 0) is 31.7 Å². The third-order valence-corrected chi connectivity index (χ3v) is 2.99. The predicted octanol–water partition coefficient (Wildman–Crippen LogP) is 3.07. The Morgan fingerprint density at radius 3 is 2.93 bits per heavy atom. The molecule has 76 valence electrons. The fraction of sp³-hybridized carbons (Fsp3) is 0.333. The van der Waals surface area contributed by atoms with Crippen LogP contribution in [0.4, 0.5) is 0 Å². The highest BCUT2D eigenvalue weighted by molar-refractivity contribution is 7.99. The Hall–Kier alpha value is -0.730. The summed E-state index contributed by atoms with van der Waals surface area (Å²) in [5.74, 6) is 1.00. The molecular formula is C12H17NS. The van der Waals surface area contributed by atoms with Crippen LogP contribution in [-0.4, -0.2) is 12.8 Å². The van der Waals surface area contributed by atoms with Crippen LogP contribution in [0.5, 0.6) is 0 Å². The predicted molar refractivity (Wildman–Crippen MR) is 64.7 cm³/mol. The zero-order valence-corrected chi connectivity index (χ0v) is 9.66. The maximum atomic E-state index is 3.90. The van der Waals surface area contributed by atoms with Gasteiger partial charge in [0, 0.05) is 17.2 Å². The molecule has 0 unspecified atom stereocenters. The lowest BCUT2D eigenvalue weighted by Crippen LogP contribution is -2.04. The molecule has 2 heteroatoms. The van der Waals surface area contributed by atoms with E-state index in [0.717, 1.165) is 12.3 Å². The molecule has 0 spiro atoms. The lowest BCUT2D eigenvalue weighted by atomic mass is 10.2. The molecule has 1 N–H and O–H groups in total. The number of nitrogens with one attached hydrogen (secondary N) is 1. The third kappa shape index (κ3) is 3.99. The zero-order chi connectivity index (χ0) is 10.4. The first-order chi connectivity index (χ1) is 6.72. The summed E-state index contributed by atoms with van der Waals surface area (Å²) in [5, 5.41) is 3.15. The minimum absolute atomic E-state index is 0.932. The smallest absolute Gasteiger partial charge is 0.0202 e. The van der Waals surface area contributed by atoms with Crippen molar-refractivity contribution in [3.05, 3.63) is 42.0 Å². The van der Waals surface area contributed by atoms with Gasteiger partial charge in [-0.3, -0.25) is 0 Å². The summed E-state index contributed by atoms with van der Waals surface area (Å²) in [7, 11) is 1.97. The molecule has 0 fully saturated rings. The second-order valence-corrected chi connectivity index (χ2v) is 4.47. The fourth-order valence-corrected chi connectivity index (χ4v) is 1.98. The second kappa shape index (κ2) is 5.89.